The van der Waals surface area contributed by atoms with E-state index in [2.05, 4.69) is 4.72 Å². The first-order valence-corrected chi connectivity index (χ1v) is 8.13. The van der Waals surface area contributed by atoms with Gasteiger partial charge in [-0.2, -0.15) is 0 Å². The van der Waals surface area contributed by atoms with Crippen molar-refractivity contribution in [2.45, 2.75) is 25.3 Å². The highest BCUT2D eigenvalue weighted by molar-refractivity contribution is 7.89. The van der Waals surface area contributed by atoms with Crippen molar-refractivity contribution in [3.05, 3.63) is 41.3 Å². The number of sulfonamides is 1. The first-order valence-electron chi connectivity index (χ1n) is 6.65. The molecular formula is C15H19NO5S. The second-order valence-corrected chi connectivity index (χ2v) is 6.52. The molecule has 0 unspecified atom stereocenters. The SMILES string of the molecule is COc1ccc(S(=O)(=O)NCc2cc(C)oc2C)c(OC)c1. The van der Waals surface area contributed by atoms with Crippen molar-refractivity contribution < 1.29 is 22.3 Å². The molecule has 0 aliphatic carbocycles. The minimum Gasteiger partial charge on any atom is -0.497 e. The van der Waals surface area contributed by atoms with Crippen LogP contribution >= 0.6 is 0 Å². The molecule has 0 fully saturated rings. The molecular weight excluding hydrogens is 306 g/mol. The number of hydrogen-bond donors (Lipinski definition) is 1. The maximum Gasteiger partial charge on any atom is 0.244 e. The lowest BCUT2D eigenvalue weighted by atomic mass is 10.2. The van der Waals surface area contributed by atoms with Gasteiger partial charge >= 0.3 is 0 Å². The van der Waals surface area contributed by atoms with E-state index < -0.39 is 10.0 Å². The van der Waals surface area contributed by atoms with Crippen molar-refractivity contribution in [3.63, 3.8) is 0 Å². The van der Waals surface area contributed by atoms with Crippen LogP contribution in [0.2, 0.25) is 0 Å². The summed E-state index contributed by atoms with van der Waals surface area (Å²) in [5.74, 6) is 2.19. The standard InChI is InChI=1S/C15H19NO5S/c1-10-7-12(11(2)21-10)9-16-22(17,18)15-6-5-13(19-3)8-14(15)20-4/h5-8,16H,9H2,1-4H3. The zero-order chi connectivity index (χ0) is 16.3. The Morgan fingerprint density at radius 2 is 1.86 bits per heavy atom. The lowest BCUT2D eigenvalue weighted by Crippen LogP contribution is -2.23. The molecule has 1 aromatic carbocycles. The number of aryl methyl sites for hydroxylation is 2. The highest BCUT2D eigenvalue weighted by atomic mass is 32.2. The van der Waals surface area contributed by atoms with Crippen molar-refractivity contribution in [3.8, 4) is 11.5 Å². The van der Waals surface area contributed by atoms with Crippen LogP contribution in [0.3, 0.4) is 0 Å². The Morgan fingerprint density at radius 1 is 1.14 bits per heavy atom. The van der Waals surface area contributed by atoms with Crippen LogP contribution in [0.1, 0.15) is 17.1 Å². The summed E-state index contributed by atoms with van der Waals surface area (Å²) >= 11 is 0. The number of rotatable bonds is 6. The fourth-order valence-corrected chi connectivity index (χ4v) is 3.26. The van der Waals surface area contributed by atoms with Gasteiger partial charge in [-0.05, 0) is 32.0 Å². The Balaban J connectivity index is 2.25. The van der Waals surface area contributed by atoms with E-state index in [1.807, 2.05) is 13.0 Å². The van der Waals surface area contributed by atoms with Crippen molar-refractivity contribution in [1.29, 1.82) is 0 Å². The largest absolute Gasteiger partial charge is 0.497 e. The molecule has 1 heterocycles. The minimum absolute atomic E-state index is 0.0636. The van der Waals surface area contributed by atoms with Gasteiger partial charge in [-0.1, -0.05) is 0 Å². The van der Waals surface area contributed by atoms with Crippen LogP contribution in [0.4, 0.5) is 0 Å². The second kappa shape index (κ2) is 6.41. The molecule has 0 aliphatic heterocycles. The van der Waals surface area contributed by atoms with Crippen LogP contribution in [0.25, 0.3) is 0 Å². The van der Waals surface area contributed by atoms with Gasteiger partial charge in [0.2, 0.25) is 10.0 Å². The lowest BCUT2D eigenvalue weighted by molar-refractivity contribution is 0.386. The van der Waals surface area contributed by atoms with Gasteiger partial charge in [0.25, 0.3) is 0 Å². The summed E-state index contributed by atoms with van der Waals surface area (Å²) in [5.41, 5.74) is 0.800. The Kier molecular flexibility index (Phi) is 4.77. The van der Waals surface area contributed by atoms with Crippen LogP contribution < -0.4 is 14.2 Å². The van der Waals surface area contributed by atoms with E-state index >= 15 is 0 Å². The summed E-state index contributed by atoms with van der Waals surface area (Å²) in [5, 5.41) is 0. The predicted octanol–water partition coefficient (Wildman–Crippen LogP) is 2.39. The molecule has 22 heavy (non-hydrogen) atoms. The maximum atomic E-state index is 12.4. The summed E-state index contributed by atoms with van der Waals surface area (Å²) < 4.78 is 43.0. The smallest absolute Gasteiger partial charge is 0.244 e. The van der Waals surface area contributed by atoms with Gasteiger partial charge in [-0.25, -0.2) is 13.1 Å². The van der Waals surface area contributed by atoms with Gasteiger partial charge in [0, 0.05) is 18.2 Å². The molecule has 0 aliphatic rings. The quantitative estimate of drug-likeness (QED) is 0.882. The normalized spacial score (nSPS) is 11.5. The van der Waals surface area contributed by atoms with Crippen molar-refractivity contribution in [2.75, 3.05) is 14.2 Å². The summed E-state index contributed by atoms with van der Waals surface area (Å²) in [6.45, 7) is 3.77. The van der Waals surface area contributed by atoms with Crippen LogP contribution in [-0.2, 0) is 16.6 Å². The molecule has 0 radical (unpaired) electrons. The lowest BCUT2D eigenvalue weighted by Gasteiger charge is -2.11. The number of methoxy groups -OCH3 is 2. The van der Waals surface area contributed by atoms with E-state index in [-0.39, 0.29) is 17.2 Å². The van der Waals surface area contributed by atoms with Crippen molar-refractivity contribution in [1.82, 2.24) is 4.72 Å². The third-order valence-electron chi connectivity index (χ3n) is 3.26. The highest BCUT2D eigenvalue weighted by Crippen LogP contribution is 2.28. The number of furan rings is 1. The summed E-state index contributed by atoms with van der Waals surface area (Å²) in [6, 6.07) is 6.36. The van der Waals surface area contributed by atoms with E-state index in [9.17, 15) is 8.42 Å². The maximum absolute atomic E-state index is 12.4. The fraction of sp³-hybridized carbons (Fsp3) is 0.333. The molecule has 0 amide bonds. The van der Waals surface area contributed by atoms with E-state index in [1.165, 1.54) is 26.4 Å². The fourth-order valence-electron chi connectivity index (χ4n) is 2.11. The molecule has 6 nitrogen and oxygen atoms in total. The number of nitrogens with one attached hydrogen (secondary N) is 1. The third-order valence-corrected chi connectivity index (χ3v) is 4.70. The molecule has 0 saturated carbocycles. The van der Waals surface area contributed by atoms with Crippen LogP contribution in [0.15, 0.2) is 33.6 Å². The van der Waals surface area contributed by atoms with Gasteiger partial charge in [-0.15, -0.1) is 0 Å². The Morgan fingerprint density at radius 3 is 2.41 bits per heavy atom. The molecule has 1 N–H and O–H groups in total. The molecule has 7 heteroatoms. The van der Waals surface area contributed by atoms with Crippen LogP contribution in [0.5, 0.6) is 11.5 Å². The molecule has 2 aromatic rings. The van der Waals surface area contributed by atoms with Gasteiger partial charge in [0.1, 0.15) is 27.9 Å². The van der Waals surface area contributed by atoms with E-state index in [1.54, 1.807) is 13.0 Å². The Bertz CT molecular complexity index is 764. The molecule has 2 rings (SSSR count). The highest BCUT2D eigenvalue weighted by Gasteiger charge is 2.20. The second-order valence-electron chi connectivity index (χ2n) is 4.78. The topological polar surface area (TPSA) is 77.8 Å². The Hall–Kier alpha value is -1.99. The first kappa shape index (κ1) is 16.4. The summed E-state index contributed by atoms with van der Waals surface area (Å²) in [7, 11) is -0.787. The number of hydrogen-bond acceptors (Lipinski definition) is 5. The van der Waals surface area contributed by atoms with Crippen LogP contribution in [0, 0.1) is 13.8 Å². The molecule has 0 atom stereocenters. The van der Waals surface area contributed by atoms with Crippen LogP contribution in [-0.4, -0.2) is 22.6 Å². The molecule has 0 saturated heterocycles. The first-order chi connectivity index (χ1) is 10.4. The Labute approximate surface area is 130 Å². The molecule has 0 bridgehead atoms. The van der Waals surface area contributed by atoms with Gasteiger partial charge in [0.15, 0.2) is 0 Å². The van der Waals surface area contributed by atoms with E-state index in [4.69, 9.17) is 13.9 Å². The molecule has 1 aromatic heterocycles. The average molecular weight is 325 g/mol. The van der Waals surface area contributed by atoms with Gasteiger partial charge in [-0.3, -0.25) is 0 Å². The summed E-state index contributed by atoms with van der Waals surface area (Å²) in [4.78, 5) is 0.0636. The van der Waals surface area contributed by atoms with E-state index in [0.29, 0.717) is 11.5 Å². The third kappa shape index (κ3) is 3.42. The molecule has 120 valence electrons. The number of ether oxygens (including phenoxy) is 2. The van der Waals surface area contributed by atoms with Gasteiger partial charge in [0.05, 0.1) is 14.2 Å². The molecule has 0 spiro atoms. The zero-order valence-corrected chi connectivity index (χ0v) is 13.8. The monoisotopic (exact) mass is 325 g/mol. The average Bonchev–Trinajstić information content (AvgIpc) is 2.82. The summed E-state index contributed by atoms with van der Waals surface area (Å²) in [6.07, 6.45) is 0. The van der Waals surface area contributed by atoms with Crippen molar-refractivity contribution in [2.24, 2.45) is 0 Å². The predicted molar refractivity (Wildman–Crippen MR) is 81.8 cm³/mol. The van der Waals surface area contributed by atoms with E-state index in [0.717, 1.165) is 11.3 Å². The van der Waals surface area contributed by atoms with Gasteiger partial charge < -0.3 is 13.9 Å². The number of benzene rings is 1. The van der Waals surface area contributed by atoms with Crippen molar-refractivity contribution >= 4 is 10.0 Å². The minimum atomic E-state index is -3.71. The zero-order valence-electron chi connectivity index (χ0n) is 13.0.